The van der Waals surface area contributed by atoms with E-state index in [-0.39, 0.29) is 47.7 Å². The lowest BCUT2D eigenvalue weighted by Crippen LogP contribution is -2.57. The molecule has 1 N–H and O–H groups in total. The molecule has 2 aromatic carbocycles. The molecule has 0 unspecified atom stereocenters. The Hall–Kier alpha value is -2.92. The monoisotopic (exact) mass is 576 g/mol. The molecule has 6 nitrogen and oxygen atoms in total. The molecule has 1 saturated heterocycles. The number of hydrogen-bond donors (Lipinski definition) is 1. The van der Waals surface area contributed by atoms with Crippen LogP contribution in [0.3, 0.4) is 0 Å². The number of halogens is 6. The van der Waals surface area contributed by atoms with Gasteiger partial charge < -0.3 is 19.6 Å². The summed E-state index contributed by atoms with van der Waals surface area (Å²) >= 11 is 6.05. The molecule has 0 spiro atoms. The number of benzene rings is 2. The molecule has 1 heterocycles. The van der Waals surface area contributed by atoms with Gasteiger partial charge in [0.25, 0.3) is 17.4 Å². The third kappa shape index (κ3) is 7.19. The average Bonchev–Trinajstić information content (AvgIpc) is 2.87. The number of aliphatic hydroxyl groups is 1. The van der Waals surface area contributed by atoms with Crippen LogP contribution in [0.15, 0.2) is 48.5 Å². The van der Waals surface area contributed by atoms with E-state index in [9.17, 15) is 36.6 Å². The minimum Gasteiger partial charge on any atom is -0.433 e. The van der Waals surface area contributed by atoms with Crippen LogP contribution in [0.2, 0.25) is 5.02 Å². The Balaban J connectivity index is 1.51. The number of nitrogens with zero attached hydrogens (tertiary/aromatic N) is 2. The maximum Gasteiger partial charge on any atom is 0.430 e. The standard InChI is InChI=1S/C27H30ClF5N2O4/c1-34(2)23(36)21-11-10-20(17-22(21)28)39-25(29,30)14-6-7-18-12-15-35(16-13-18)24(37)26(38,27(31,32)33)19-8-4-3-5-9-19/h3-5,8-11,17-18,38H,6-7,12-16H2,1-2H3/t26-/m0/s1. The molecule has 1 aliphatic heterocycles. The maximum absolute atomic E-state index is 14.4. The summed E-state index contributed by atoms with van der Waals surface area (Å²) in [5.74, 6) is -2.10. The highest BCUT2D eigenvalue weighted by atomic mass is 35.5. The molecule has 0 aliphatic carbocycles. The highest BCUT2D eigenvalue weighted by Crippen LogP contribution is 2.41. The summed E-state index contributed by atoms with van der Waals surface area (Å²) in [6.07, 6.45) is -8.26. The van der Waals surface area contributed by atoms with Gasteiger partial charge in [-0.05, 0) is 49.8 Å². The highest BCUT2D eigenvalue weighted by molar-refractivity contribution is 6.34. The van der Waals surface area contributed by atoms with E-state index in [1.807, 2.05) is 0 Å². The first-order valence-corrected chi connectivity index (χ1v) is 12.8. The molecule has 12 heteroatoms. The average molecular weight is 577 g/mol. The number of likely N-dealkylation sites (tertiary alicyclic amines) is 1. The van der Waals surface area contributed by atoms with Crippen molar-refractivity contribution in [2.75, 3.05) is 27.2 Å². The second kappa shape index (κ2) is 12.1. The Labute approximate surface area is 228 Å². The zero-order valence-corrected chi connectivity index (χ0v) is 22.2. The minimum absolute atomic E-state index is 0.0204. The van der Waals surface area contributed by atoms with Crippen LogP contribution in [0, 0.1) is 5.92 Å². The maximum atomic E-state index is 14.4. The third-order valence-corrected chi connectivity index (χ3v) is 7.05. The topological polar surface area (TPSA) is 70.1 Å². The van der Waals surface area contributed by atoms with Gasteiger partial charge in [0.05, 0.1) is 17.0 Å². The number of amides is 2. The predicted molar refractivity (Wildman–Crippen MR) is 135 cm³/mol. The molecular weight excluding hydrogens is 547 g/mol. The van der Waals surface area contributed by atoms with Crippen LogP contribution in [0.1, 0.15) is 48.0 Å². The summed E-state index contributed by atoms with van der Waals surface area (Å²) in [6.45, 7) is -0.0593. The van der Waals surface area contributed by atoms with E-state index in [4.69, 9.17) is 16.3 Å². The van der Waals surface area contributed by atoms with E-state index in [0.717, 1.165) is 23.1 Å². The summed E-state index contributed by atoms with van der Waals surface area (Å²) in [6, 6.07) is 9.88. The first-order chi connectivity index (χ1) is 18.2. The number of piperidine rings is 1. The van der Waals surface area contributed by atoms with Crippen molar-refractivity contribution in [1.29, 1.82) is 0 Å². The van der Waals surface area contributed by atoms with E-state index >= 15 is 0 Å². The first kappa shape index (κ1) is 30.6. The van der Waals surface area contributed by atoms with Gasteiger partial charge in [0.15, 0.2) is 0 Å². The van der Waals surface area contributed by atoms with E-state index in [1.165, 1.54) is 49.3 Å². The summed E-state index contributed by atoms with van der Waals surface area (Å²) in [5.41, 5.74) is -4.08. The predicted octanol–water partition coefficient (Wildman–Crippen LogP) is 5.87. The summed E-state index contributed by atoms with van der Waals surface area (Å²) < 4.78 is 75.1. The molecule has 1 aliphatic rings. The number of rotatable bonds is 9. The van der Waals surface area contributed by atoms with Gasteiger partial charge in [-0.3, -0.25) is 9.59 Å². The molecule has 0 bridgehead atoms. The normalized spacial score (nSPS) is 16.5. The second-order valence-corrected chi connectivity index (χ2v) is 10.2. The van der Waals surface area contributed by atoms with E-state index in [0.29, 0.717) is 19.3 Å². The van der Waals surface area contributed by atoms with Crippen LogP contribution in [0.25, 0.3) is 0 Å². The number of alkyl halides is 5. The van der Waals surface area contributed by atoms with Crippen molar-refractivity contribution in [3.8, 4) is 5.75 Å². The third-order valence-electron chi connectivity index (χ3n) is 6.74. The van der Waals surface area contributed by atoms with Gasteiger partial charge in [0, 0.05) is 32.7 Å². The Kier molecular flexibility index (Phi) is 9.48. The van der Waals surface area contributed by atoms with Crippen molar-refractivity contribution in [2.24, 2.45) is 5.92 Å². The van der Waals surface area contributed by atoms with Crippen LogP contribution in [0.4, 0.5) is 22.0 Å². The van der Waals surface area contributed by atoms with Crippen molar-refractivity contribution in [1.82, 2.24) is 9.80 Å². The van der Waals surface area contributed by atoms with Gasteiger partial charge in [0.2, 0.25) is 0 Å². The van der Waals surface area contributed by atoms with Crippen LogP contribution in [-0.2, 0) is 10.4 Å². The first-order valence-electron chi connectivity index (χ1n) is 12.4. The van der Waals surface area contributed by atoms with Crippen LogP contribution in [-0.4, -0.2) is 66.2 Å². The molecular formula is C27H30ClF5N2O4. The lowest BCUT2D eigenvalue weighted by Gasteiger charge is -2.38. The number of carbonyl (C=O) groups is 2. The lowest BCUT2D eigenvalue weighted by molar-refractivity contribution is -0.262. The minimum atomic E-state index is -5.22. The molecule has 2 aromatic rings. The van der Waals surface area contributed by atoms with Gasteiger partial charge in [-0.2, -0.15) is 22.0 Å². The molecule has 0 aromatic heterocycles. The molecule has 1 atom stereocenters. The Morgan fingerprint density at radius 2 is 1.67 bits per heavy atom. The number of ether oxygens (including phenoxy) is 1. The quantitative estimate of drug-likeness (QED) is 0.379. The fourth-order valence-corrected chi connectivity index (χ4v) is 4.79. The zero-order chi connectivity index (χ0) is 29.0. The van der Waals surface area contributed by atoms with Gasteiger partial charge in [-0.15, -0.1) is 0 Å². The van der Waals surface area contributed by atoms with Crippen molar-refractivity contribution >= 4 is 23.4 Å². The summed E-state index contributed by atoms with van der Waals surface area (Å²) in [4.78, 5) is 27.1. The van der Waals surface area contributed by atoms with Crippen molar-refractivity contribution in [3.05, 3.63) is 64.7 Å². The zero-order valence-electron chi connectivity index (χ0n) is 21.5. The summed E-state index contributed by atoms with van der Waals surface area (Å²) in [5, 5.41) is 10.5. The van der Waals surface area contributed by atoms with Crippen molar-refractivity contribution in [3.63, 3.8) is 0 Å². The number of carbonyl (C=O) groups excluding carboxylic acids is 2. The molecule has 214 valence electrons. The SMILES string of the molecule is CN(C)C(=O)c1ccc(OC(F)(F)CCCC2CCN(C(=O)[C@@](O)(c3ccccc3)C(F)(F)F)CC2)cc1Cl. The fourth-order valence-electron chi connectivity index (χ4n) is 4.53. The molecule has 3 rings (SSSR count). The van der Waals surface area contributed by atoms with Gasteiger partial charge in [-0.25, -0.2) is 0 Å². The Morgan fingerprint density at radius 1 is 1.05 bits per heavy atom. The Morgan fingerprint density at radius 3 is 2.21 bits per heavy atom. The smallest absolute Gasteiger partial charge is 0.430 e. The van der Waals surface area contributed by atoms with Crippen LogP contribution < -0.4 is 4.74 Å². The largest absolute Gasteiger partial charge is 0.433 e. The van der Waals surface area contributed by atoms with E-state index in [2.05, 4.69) is 0 Å². The van der Waals surface area contributed by atoms with Gasteiger partial charge >= 0.3 is 12.3 Å². The summed E-state index contributed by atoms with van der Waals surface area (Å²) in [7, 11) is 3.07. The second-order valence-electron chi connectivity index (χ2n) is 9.78. The highest BCUT2D eigenvalue weighted by Gasteiger charge is 2.62. The van der Waals surface area contributed by atoms with Gasteiger partial charge in [0.1, 0.15) is 5.75 Å². The number of hydrogen-bond acceptors (Lipinski definition) is 4. The lowest BCUT2D eigenvalue weighted by atomic mass is 9.88. The van der Waals surface area contributed by atoms with Crippen LogP contribution >= 0.6 is 11.6 Å². The van der Waals surface area contributed by atoms with Crippen molar-refractivity contribution < 1.29 is 41.4 Å². The fraction of sp³-hybridized carbons (Fsp3) is 0.481. The molecule has 39 heavy (non-hydrogen) atoms. The molecule has 0 radical (unpaired) electrons. The van der Waals surface area contributed by atoms with Crippen molar-refractivity contribution in [2.45, 2.75) is 50.0 Å². The Bertz CT molecular complexity index is 1150. The molecule has 2 amide bonds. The van der Waals surface area contributed by atoms with E-state index < -0.39 is 35.8 Å². The van der Waals surface area contributed by atoms with Crippen LogP contribution in [0.5, 0.6) is 5.75 Å². The van der Waals surface area contributed by atoms with E-state index in [1.54, 1.807) is 0 Å². The molecule has 0 saturated carbocycles. The molecule has 1 fully saturated rings. The van der Waals surface area contributed by atoms with Gasteiger partial charge in [-0.1, -0.05) is 41.9 Å².